The van der Waals surface area contributed by atoms with Crippen LogP contribution in [0, 0.1) is 5.92 Å². The second kappa shape index (κ2) is 4.81. The molecule has 1 aromatic rings. The van der Waals surface area contributed by atoms with Crippen molar-refractivity contribution < 1.29 is 0 Å². The van der Waals surface area contributed by atoms with Gasteiger partial charge in [0, 0.05) is 24.8 Å². The Kier molecular flexibility index (Phi) is 3.19. The fraction of sp³-hybridized carbons (Fsp3) is 0.786. The Hall–Kier alpha value is -0.830. The second-order valence-corrected chi connectivity index (χ2v) is 5.77. The Bertz CT molecular complexity index is 367. The molecular weight excluding hydrogens is 210 g/mol. The minimum atomic E-state index is 0.714. The van der Waals surface area contributed by atoms with E-state index in [-0.39, 0.29) is 0 Å². The first kappa shape index (κ1) is 11.3. The van der Waals surface area contributed by atoms with E-state index in [9.17, 15) is 0 Å². The van der Waals surface area contributed by atoms with Gasteiger partial charge in [0.2, 0.25) is 0 Å². The molecule has 1 heterocycles. The number of nitrogens with zero attached hydrogens (tertiary/aromatic N) is 2. The van der Waals surface area contributed by atoms with Crippen molar-refractivity contribution in [1.29, 1.82) is 0 Å². The molecule has 2 aliphatic rings. The molecule has 94 valence electrons. The third-order valence-corrected chi connectivity index (χ3v) is 4.34. The van der Waals surface area contributed by atoms with Gasteiger partial charge in [0.15, 0.2) is 0 Å². The monoisotopic (exact) mass is 233 g/mol. The predicted octanol–water partition coefficient (Wildman–Crippen LogP) is 2.89. The lowest BCUT2D eigenvalue weighted by molar-refractivity contribution is 0.277. The van der Waals surface area contributed by atoms with Crippen LogP contribution in [0.1, 0.15) is 57.2 Å². The third-order valence-electron chi connectivity index (χ3n) is 4.34. The number of hydrogen-bond donors (Lipinski definition) is 1. The molecule has 0 radical (unpaired) electrons. The van der Waals surface area contributed by atoms with Gasteiger partial charge in [-0.1, -0.05) is 19.8 Å². The summed E-state index contributed by atoms with van der Waals surface area (Å²) in [5.41, 5.74) is 1.37. The van der Waals surface area contributed by atoms with Crippen LogP contribution >= 0.6 is 0 Å². The van der Waals surface area contributed by atoms with Gasteiger partial charge in [0.05, 0.1) is 12.0 Å². The number of hydrogen-bond acceptors (Lipinski definition) is 2. The lowest BCUT2D eigenvalue weighted by Crippen LogP contribution is -2.37. The second-order valence-electron chi connectivity index (χ2n) is 5.77. The van der Waals surface area contributed by atoms with E-state index in [2.05, 4.69) is 21.8 Å². The molecule has 17 heavy (non-hydrogen) atoms. The Morgan fingerprint density at radius 1 is 1.29 bits per heavy atom. The quantitative estimate of drug-likeness (QED) is 0.866. The SMILES string of the molecule is CC1CCCCC1NCc1cncn1C1CC1. The van der Waals surface area contributed by atoms with Crippen LogP contribution in [0.3, 0.4) is 0 Å². The molecule has 0 aromatic carbocycles. The molecule has 0 bridgehead atoms. The summed E-state index contributed by atoms with van der Waals surface area (Å²) >= 11 is 0. The van der Waals surface area contributed by atoms with Crippen molar-refractivity contribution in [2.24, 2.45) is 5.92 Å². The molecular formula is C14H23N3. The lowest BCUT2D eigenvalue weighted by atomic mass is 9.86. The predicted molar refractivity (Wildman–Crippen MR) is 68.8 cm³/mol. The van der Waals surface area contributed by atoms with E-state index in [4.69, 9.17) is 0 Å². The van der Waals surface area contributed by atoms with Gasteiger partial charge in [-0.05, 0) is 31.6 Å². The van der Waals surface area contributed by atoms with Crippen LogP contribution in [0.2, 0.25) is 0 Å². The smallest absolute Gasteiger partial charge is 0.0951 e. The van der Waals surface area contributed by atoms with E-state index in [0.717, 1.165) is 18.5 Å². The molecule has 2 unspecified atom stereocenters. The molecule has 2 atom stereocenters. The molecule has 0 spiro atoms. The number of imidazole rings is 1. The van der Waals surface area contributed by atoms with Gasteiger partial charge in [0.1, 0.15) is 0 Å². The first-order valence-corrected chi connectivity index (χ1v) is 7.08. The van der Waals surface area contributed by atoms with E-state index >= 15 is 0 Å². The maximum absolute atomic E-state index is 4.29. The number of rotatable bonds is 4. The normalized spacial score (nSPS) is 29.5. The summed E-state index contributed by atoms with van der Waals surface area (Å²) in [6.45, 7) is 3.38. The van der Waals surface area contributed by atoms with E-state index in [0.29, 0.717) is 6.04 Å². The Labute approximate surface area is 104 Å². The molecule has 3 rings (SSSR count). The summed E-state index contributed by atoms with van der Waals surface area (Å²) in [4.78, 5) is 4.29. The fourth-order valence-electron chi connectivity index (χ4n) is 3.01. The van der Waals surface area contributed by atoms with Crippen LogP contribution in [0.15, 0.2) is 12.5 Å². The topological polar surface area (TPSA) is 29.9 Å². The molecule has 2 fully saturated rings. The maximum Gasteiger partial charge on any atom is 0.0951 e. The van der Waals surface area contributed by atoms with Crippen LogP contribution in [-0.4, -0.2) is 15.6 Å². The van der Waals surface area contributed by atoms with Gasteiger partial charge in [0.25, 0.3) is 0 Å². The highest BCUT2D eigenvalue weighted by Crippen LogP contribution is 2.35. The summed E-state index contributed by atoms with van der Waals surface area (Å²) in [7, 11) is 0. The molecule has 1 N–H and O–H groups in total. The molecule has 3 heteroatoms. The number of aromatic nitrogens is 2. The average Bonchev–Trinajstić information content (AvgIpc) is 3.08. The summed E-state index contributed by atoms with van der Waals surface area (Å²) in [5.74, 6) is 0.834. The highest BCUT2D eigenvalue weighted by Gasteiger charge is 2.26. The van der Waals surface area contributed by atoms with Crippen LogP contribution < -0.4 is 5.32 Å². The molecule has 0 aliphatic heterocycles. The van der Waals surface area contributed by atoms with Crippen molar-refractivity contribution in [2.45, 2.75) is 64.1 Å². The van der Waals surface area contributed by atoms with E-state index in [1.165, 1.54) is 44.2 Å². The van der Waals surface area contributed by atoms with Gasteiger partial charge < -0.3 is 9.88 Å². The summed E-state index contributed by atoms with van der Waals surface area (Å²) in [6, 6.07) is 1.46. The van der Waals surface area contributed by atoms with E-state index in [1.54, 1.807) is 0 Å². The molecule has 3 nitrogen and oxygen atoms in total. The summed E-state index contributed by atoms with van der Waals surface area (Å²) in [5, 5.41) is 3.74. The fourth-order valence-corrected chi connectivity index (χ4v) is 3.01. The van der Waals surface area contributed by atoms with Crippen LogP contribution in [0.4, 0.5) is 0 Å². The highest BCUT2D eigenvalue weighted by atomic mass is 15.1. The minimum Gasteiger partial charge on any atom is -0.330 e. The zero-order valence-electron chi connectivity index (χ0n) is 10.7. The van der Waals surface area contributed by atoms with Crippen LogP contribution in [0.5, 0.6) is 0 Å². The zero-order valence-corrected chi connectivity index (χ0v) is 10.7. The standard InChI is InChI=1S/C14H23N3/c1-11-4-2-3-5-14(11)16-9-13-8-15-10-17(13)12-6-7-12/h8,10-12,14,16H,2-7,9H2,1H3. The molecule has 2 saturated carbocycles. The number of nitrogens with one attached hydrogen (secondary N) is 1. The van der Waals surface area contributed by atoms with Crippen molar-refractivity contribution in [3.05, 3.63) is 18.2 Å². The third kappa shape index (κ3) is 2.54. The largest absolute Gasteiger partial charge is 0.330 e. The first-order valence-electron chi connectivity index (χ1n) is 7.08. The summed E-state index contributed by atoms with van der Waals surface area (Å²) < 4.78 is 2.36. The van der Waals surface area contributed by atoms with E-state index < -0.39 is 0 Å². The Balaban J connectivity index is 1.57. The van der Waals surface area contributed by atoms with Crippen molar-refractivity contribution in [2.75, 3.05) is 0 Å². The molecule has 1 aromatic heterocycles. The van der Waals surface area contributed by atoms with Gasteiger partial charge in [-0.3, -0.25) is 0 Å². The van der Waals surface area contributed by atoms with Gasteiger partial charge in [-0.15, -0.1) is 0 Å². The highest BCUT2D eigenvalue weighted by molar-refractivity contribution is 5.03. The van der Waals surface area contributed by atoms with Crippen LogP contribution in [0.25, 0.3) is 0 Å². The van der Waals surface area contributed by atoms with Gasteiger partial charge >= 0.3 is 0 Å². The maximum atomic E-state index is 4.29. The van der Waals surface area contributed by atoms with Crippen molar-refractivity contribution in [1.82, 2.24) is 14.9 Å². The Morgan fingerprint density at radius 3 is 2.88 bits per heavy atom. The van der Waals surface area contributed by atoms with Gasteiger partial charge in [-0.25, -0.2) is 4.98 Å². The van der Waals surface area contributed by atoms with Crippen molar-refractivity contribution in [3.63, 3.8) is 0 Å². The molecule has 2 aliphatic carbocycles. The molecule has 0 saturated heterocycles. The zero-order chi connectivity index (χ0) is 11.7. The molecule has 0 amide bonds. The minimum absolute atomic E-state index is 0.714. The summed E-state index contributed by atoms with van der Waals surface area (Å²) in [6.07, 6.45) is 12.2. The first-order chi connectivity index (χ1) is 8.34. The van der Waals surface area contributed by atoms with Gasteiger partial charge in [-0.2, -0.15) is 0 Å². The average molecular weight is 233 g/mol. The van der Waals surface area contributed by atoms with Crippen molar-refractivity contribution >= 4 is 0 Å². The lowest BCUT2D eigenvalue weighted by Gasteiger charge is -2.29. The van der Waals surface area contributed by atoms with E-state index in [1.807, 2.05) is 12.5 Å². The van der Waals surface area contributed by atoms with Crippen molar-refractivity contribution in [3.8, 4) is 0 Å². The Morgan fingerprint density at radius 2 is 2.12 bits per heavy atom. The van der Waals surface area contributed by atoms with Crippen LogP contribution in [-0.2, 0) is 6.54 Å².